The van der Waals surface area contributed by atoms with Crippen molar-refractivity contribution in [3.05, 3.63) is 41.3 Å². The van der Waals surface area contributed by atoms with Crippen molar-refractivity contribution < 1.29 is 8.42 Å². The second kappa shape index (κ2) is 7.33. The van der Waals surface area contributed by atoms with Gasteiger partial charge in [-0.15, -0.1) is 0 Å². The van der Waals surface area contributed by atoms with Crippen LogP contribution in [0.1, 0.15) is 58.2 Å². The quantitative estimate of drug-likeness (QED) is 0.801. The van der Waals surface area contributed by atoms with Gasteiger partial charge in [0.1, 0.15) is 5.82 Å². The number of aromatic amines is 1. The van der Waals surface area contributed by atoms with E-state index in [4.69, 9.17) is 16.6 Å². The summed E-state index contributed by atoms with van der Waals surface area (Å²) in [6, 6.07) is 7.65. The molecule has 3 rings (SSSR count). The van der Waals surface area contributed by atoms with Crippen LogP contribution < -0.4 is 4.72 Å². The molecule has 2 N–H and O–H groups in total. The number of rotatable bonds is 4. The first kappa shape index (κ1) is 19.4. The lowest BCUT2D eigenvalue weighted by atomic mass is 9.86. The normalized spacial score (nSPS) is 21.7. The Balaban J connectivity index is 1.61. The Morgan fingerprint density at radius 1 is 1.12 bits per heavy atom. The van der Waals surface area contributed by atoms with Crippen LogP contribution in [0.4, 0.5) is 0 Å². The maximum Gasteiger partial charge on any atom is 0.216 e. The van der Waals surface area contributed by atoms with Crippen LogP contribution in [0.25, 0.3) is 11.3 Å². The van der Waals surface area contributed by atoms with Crippen LogP contribution in [0.2, 0.25) is 5.02 Å². The van der Waals surface area contributed by atoms with Gasteiger partial charge in [-0.25, -0.2) is 18.1 Å². The minimum atomic E-state index is -3.30. The van der Waals surface area contributed by atoms with E-state index in [0.29, 0.717) is 10.9 Å². The molecule has 0 radical (unpaired) electrons. The van der Waals surface area contributed by atoms with E-state index >= 15 is 0 Å². The number of hydrogen-bond donors (Lipinski definition) is 2. The Hall–Kier alpha value is -1.37. The average Bonchev–Trinajstić information content (AvgIpc) is 3.05. The van der Waals surface area contributed by atoms with Crippen molar-refractivity contribution in [2.75, 3.05) is 0 Å². The third-order valence-corrected chi connectivity index (χ3v) is 7.49. The molecule has 0 amide bonds. The molecule has 1 saturated carbocycles. The monoisotopic (exact) mass is 395 g/mol. The molecular formula is C19H26ClN3O2S. The first-order valence-corrected chi connectivity index (χ1v) is 10.8. The SMILES string of the molecule is CC(C)(C)S(=O)(=O)N[C@H]1CC[C@H](c2nc(-c3ccc(Cl)cc3)c[nH]2)CC1. The van der Waals surface area contributed by atoms with Crippen molar-refractivity contribution >= 4 is 21.6 Å². The van der Waals surface area contributed by atoms with Crippen LogP contribution in [0.15, 0.2) is 30.5 Å². The van der Waals surface area contributed by atoms with Gasteiger partial charge in [0, 0.05) is 28.7 Å². The highest BCUT2D eigenvalue weighted by Crippen LogP contribution is 2.33. The first-order chi connectivity index (χ1) is 12.2. The molecule has 1 heterocycles. The predicted octanol–water partition coefficient (Wildman–Crippen LogP) is 4.47. The zero-order valence-electron chi connectivity index (χ0n) is 15.4. The Labute approximate surface area is 160 Å². The number of aromatic nitrogens is 2. The molecule has 26 heavy (non-hydrogen) atoms. The standard InChI is InChI=1S/C19H26ClN3O2S/c1-19(2,3)26(24,25)23-16-10-6-14(7-11-16)18-21-12-17(22-18)13-4-8-15(20)9-5-13/h4-5,8-9,12,14,16,23H,6-7,10-11H2,1-3H3,(H,21,22)/t14-,16-. The molecule has 1 aliphatic carbocycles. The van der Waals surface area contributed by atoms with Crippen LogP contribution in [0.5, 0.6) is 0 Å². The second-order valence-electron chi connectivity index (χ2n) is 7.96. The smallest absolute Gasteiger partial charge is 0.216 e. The number of benzene rings is 1. The molecule has 2 aromatic rings. The fourth-order valence-electron chi connectivity index (χ4n) is 3.20. The van der Waals surface area contributed by atoms with Crippen LogP contribution in [0.3, 0.4) is 0 Å². The minimum Gasteiger partial charge on any atom is -0.348 e. The Bertz CT molecular complexity index is 846. The van der Waals surface area contributed by atoms with Gasteiger partial charge in [-0.05, 0) is 58.6 Å². The molecule has 1 aromatic heterocycles. The highest BCUT2D eigenvalue weighted by molar-refractivity contribution is 7.90. The van der Waals surface area contributed by atoms with E-state index in [1.54, 1.807) is 20.8 Å². The van der Waals surface area contributed by atoms with Gasteiger partial charge in [-0.1, -0.05) is 23.7 Å². The number of nitrogens with zero attached hydrogens (tertiary/aromatic N) is 1. The molecule has 5 nitrogen and oxygen atoms in total. The van der Waals surface area contributed by atoms with Gasteiger partial charge in [-0.3, -0.25) is 0 Å². The number of nitrogens with one attached hydrogen (secondary N) is 2. The molecule has 0 atom stereocenters. The zero-order valence-corrected chi connectivity index (χ0v) is 17.0. The highest BCUT2D eigenvalue weighted by Gasteiger charge is 2.33. The molecule has 7 heteroatoms. The summed E-state index contributed by atoms with van der Waals surface area (Å²) in [5.74, 6) is 1.32. The third-order valence-electron chi connectivity index (χ3n) is 4.98. The maximum absolute atomic E-state index is 12.3. The Morgan fingerprint density at radius 2 is 1.73 bits per heavy atom. The van der Waals surface area contributed by atoms with Gasteiger partial charge in [0.2, 0.25) is 10.0 Å². The molecule has 0 bridgehead atoms. The topological polar surface area (TPSA) is 74.8 Å². The summed E-state index contributed by atoms with van der Waals surface area (Å²) >= 11 is 5.94. The van der Waals surface area contributed by atoms with E-state index in [1.807, 2.05) is 30.5 Å². The van der Waals surface area contributed by atoms with Crippen LogP contribution >= 0.6 is 11.6 Å². The molecule has 142 valence electrons. The van der Waals surface area contributed by atoms with Crippen molar-refractivity contribution in [3.63, 3.8) is 0 Å². The lowest BCUT2D eigenvalue weighted by molar-refractivity contribution is 0.364. The van der Waals surface area contributed by atoms with E-state index < -0.39 is 14.8 Å². The van der Waals surface area contributed by atoms with Gasteiger partial charge in [0.25, 0.3) is 0 Å². The Kier molecular flexibility index (Phi) is 5.47. The summed E-state index contributed by atoms with van der Waals surface area (Å²) in [5, 5.41) is 0.709. The van der Waals surface area contributed by atoms with Gasteiger partial charge in [-0.2, -0.15) is 0 Å². The minimum absolute atomic E-state index is 0.0150. The predicted molar refractivity (Wildman–Crippen MR) is 106 cm³/mol. The van der Waals surface area contributed by atoms with Crippen molar-refractivity contribution in [1.82, 2.24) is 14.7 Å². The zero-order chi connectivity index (χ0) is 18.9. The summed E-state index contributed by atoms with van der Waals surface area (Å²) in [7, 11) is -3.30. The van der Waals surface area contributed by atoms with Gasteiger partial charge in [0.05, 0.1) is 10.4 Å². The van der Waals surface area contributed by atoms with E-state index in [1.165, 1.54) is 0 Å². The summed E-state index contributed by atoms with van der Waals surface area (Å²) in [6.07, 6.45) is 5.43. The second-order valence-corrected chi connectivity index (χ2v) is 10.9. The number of imidazole rings is 1. The fourth-order valence-corrected chi connectivity index (χ4v) is 4.35. The molecule has 1 fully saturated rings. The Morgan fingerprint density at radius 3 is 2.31 bits per heavy atom. The van der Waals surface area contributed by atoms with Gasteiger partial charge in [0.15, 0.2) is 0 Å². The maximum atomic E-state index is 12.3. The van der Waals surface area contributed by atoms with E-state index in [2.05, 4.69) is 9.71 Å². The number of H-pyrrole nitrogens is 1. The van der Waals surface area contributed by atoms with E-state index in [0.717, 1.165) is 42.8 Å². The highest BCUT2D eigenvalue weighted by atomic mass is 35.5. The van der Waals surface area contributed by atoms with Crippen LogP contribution in [-0.2, 0) is 10.0 Å². The summed E-state index contributed by atoms with van der Waals surface area (Å²) < 4.78 is 26.7. The van der Waals surface area contributed by atoms with E-state index in [9.17, 15) is 8.42 Å². The van der Waals surface area contributed by atoms with Crippen molar-refractivity contribution in [3.8, 4) is 11.3 Å². The lowest BCUT2D eigenvalue weighted by Crippen LogP contribution is -2.45. The summed E-state index contributed by atoms with van der Waals surface area (Å²) in [5.41, 5.74) is 1.94. The third kappa shape index (κ3) is 4.30. The molecular weight excluding hydrogens is 370 g/mol. The number of halogens is 1. The van der Waals surface area contributed by atoms with Crippen molar-refractivity contribution in [2.24, 2.45) is 0 Å². The lowest BCUT2D eigenvalue weighted by Gasteiger charge is -2.30. The van der Waals surface area contributed by atoms with Crippen molar-refractivity contribution in [1.29, 1.82) is 0 Å². The molecule has 0 saturated heterocycles. The summed E-state index contributed by atoms with van der Waals surface area (Å²) in [6.45, 7) is 5.17. The van der Waals surface area contributed by atoms with Crippen LogP contribution in [0, 0.1) is 0 Å². The van der Waals surface area contributed by atoms with E-state index in [-0.39, 0.29) is 6.04 Å². The molecule has 0 spiro atoms. The molecule has 0 aliphatic heterocycles. The molecule has 1 aliphatic rings. The molecule has 1 aromatic carbocycles. The first-order valence-electron chi connectivity index (χ1n) is 8.99. The largest absolute Gasteiger partial charge is 0.348 e. The fraction of sp³-hybridized carbons (Fsp3) is 0.526. The molecule has 0 unspecified atom stereocenters. The van der Waals surface area contributed by atoms with Gasteiger partial charge < -0.3 is 4.98 Å². The van der Waals surface area contributed by atoms with Crippen LogP contribution in [-0.4, -0.2) is 29.2 Å². The van der Waals surface area contributed by atoms with Gasteiger partial charge >= 0.3 is 0 Å². The summed E-state index contributed by atoms with van der Waals surface area (Å²) in [4.78, 5) is 8.03. The average molecular weight is 396 g/mol. The van der Waals surface area contributed by atoms with Crippen molar-refractivity contribution in [2.45, 2.75) is 63.2 Å². The number of sulfonamides is 1. The number of hydrogen-bond acceptors (Lipinski definition) is 3.